The summed E-state index contributed by atoms with van der Waals surface area (Å²) in [6.45, 7) is 7.73. The number of nitrogens with one attached hydrogen (secondary N) is 1. The summed E-state index contributed by atoms with van der Waals surface area (Å²) < 4.78 is 5.06. The molecular weight excluding hydrogens is 374 g/mol. The number of ether oxygens (including phenoxy) is 1. The van der Waals surface area contributed by atoms with Crippen molar-refractivity contribution in [3.8, 4) is 0 Å². The Hall–Kier alpha value is -1.80. The fourth-order valence-electron chi connectivity index (χ4n) is 3.97. The molecule has 0 aliphatic carbocycles. The van der Waals surface area contributed by atoms with Crippen molar-refractivity contribution in [1.29, 1.82) is 0 Å². The molecule has 3 heterocycles. The second-order valence-corrected chi connectivity index (χ2v) is 8.69. The van der Waals surface area contributed by atoms with Crippen molar-refractivity contribution in [2.75, 3.05) is 39.3 Å². The van der Waals surface area contributed by atoms with Gasteiger partial charge in [0.2, 0.25) is 0 Å². The quantitative estimate of drug-likeness (QED) is 0.559. The Balaban J connectivity index is 1.38. The van der Waals surface area contributed by atoms with E-state index in [-0.39, 0.29) is 12.1 Å². The predicted octanol–water partition coefficient (Wildman–Crippen LogP) is 2.49. The molecule has 2 aliphatic rings. The number of rotatable bonds is 6. The molecule has 2 saturated heterocycles. The molecule has 0 spiro atoms. The average Bonchev–Trinajstić information content (AvgIpc) is 3.20. The zero-order valence-electron chi connectivity index (χ0n) is 16.8. The van der Waals surface area contributed by atoms with E-state index in [1.807, 2.05) is 18.3 Å². The van der Waals surface area contributed by atoms with Crippen LogP contribution in [0, 0.1) is 5.92 Å². The molecule has 0 aromatic carbocycles. The molecule has 8 heteroatoms. The van der Waals surface area contributed by atoms with Crippen molar-refractivity contribution in [2.45, 2.75) is 45.2 Å². The average molecular weight is 408 g/mol. The third-order valence-corrected chi connectivity index (χ3v) is 6.32. The second-order valence-electron chi connectivity index (χ2n) is 7.65. The van der Waals surface area contributed by atoms with Crippen LogP contribution in [0.15, 0.2) is 22.5 Å². The topological polar surface area (TPSA) is 83.2 Å². The normalized spacial score (nSPS) is 22.2. The first-order chi connectivity index (χ1) is 13.6. The minimum atomic E-state index is -0.216. The summed E-state index contributed by atoms with van der Waals surface area (Å²) in [4.78, 5) is 22.1. The molecule has 156 valence electrons. The first-order valence-electron chi connectivity index (χ1n) is 10.4. The highest BCUT2D eigenvalue weighted by molar-refractivity contribution is 7.09. The Morgan fingerprint density at radius 2 is 2.18 bits per heavy atom. The van der Waals surface area contributed by atoms with Gasteiger partial charge in [0.15, 0.2) is 5.96 Å². The van der Waals surface area contributed by atoms with Gasteiger partial charge in [0, 0.05) is 43.6 Å². The molecule has 0 saturated carbocycles. The van der Waals surface area contributed by atoms with E-state index in [1.54, 1.807) is 4.90 Å². The lowest BCUT2D eigenvalue weighted by atomic mass is 9.98. The molecular formula is C20H33N5O2S. The standard InChI is InChI=1S/C20H33N5O2S/c1-2-27-20(26)25-10-7-17(8-11-25)23-19(21)22-13-16-5-3-9-24(14-16)15-18-6-4-12-28-18/h4,6,12,16-17H,2-3,5,7-11,13-15H2,1H3,(H3,21,22,23). The number of aliphatic imine (C=N–C) groups is 1. The Labute approximate surface area is 171 Å². The number of hydrogen-bond donors (Lipinski definition) is 2. The lowest BCUT2D eigenvalue weighted by Crippen LogP contribution is -2.48. The highest BCUT2D eigenvalue weighted by atomic mass is 32.1. The van der Waals surface area contributed by atoms with E-state index >= 15 is 0 Å². The van der Waals surface area contributed by atoms with Crippen molar-refractivity contribution in [3.05, 3.63) is 22.4 Å². The van der Waals surface area contributed by atoms with Gasteiger partial charge < -0.3 is 20.7 Å². The molecule has 28 heavy (non-hydrogen) atoms. The largest absolute Gasteiger partial charge is 0.450 e. The van der Waals surface area contributed by atoms with Crippen LogP contribution in [0.1, 0.15) is 37.5 Å². The van der Waals surface area contributed by atoms with Crippen LogP contribution in [-0.4, -0.2) is 67.2 Å². The maximum Gasteiger partial charge on any atom is 0.409 e. The van der Waals surface area contributed by atoms with E-state index in [2.05, 4.69) is 32.7 Å². The van der Waals surface area contributed by atoms with E-state index in [1.165, 1.54) is 24.3 Å². The maximum absolute atomic E-state index is 11.8. The summed E-state index contributed by atoms with van der Waals surface area (Å²) in [6, 6.07) is 4.60. The molecule has 0 bridgehead atoms. The molecule has 1 atom stereocenters. The fourth-order valence-corrected chi connectivity index (χ4v) is 4.72. The Bertz CT molecular complexity index is 629. The third kappa shape index (κ3) is 6.38. The number of thiophene rings is 1. The Morgan fingerprint density at radius 1 is 1.36 bits per heavy atom. The predicted molar refractivity (Wildman–Crippen MR) is 114 cm³/mol. The van der Waals surface area contributed by atoms with Crippen molar-refractivity contribution >= 4 is 23.4 Å². The summed E-state index contributed by atoms with van der Waals surface area (Å²) >= 11 is 1.83. The molecule has 1 aromatic rings. The zero-order valence-corrected chi connectivity index (χ0v) is 17.6. The van der Waals surface area contributed by atoms with Crippen LogP contribution in [0.3, 0.4) is 0 Å². The number of guanidine groups is 1. The van der Waals surface area contributed by atoms with Crippen LogP contribution in [0.2, 0.25) is 0 Å². The van der Waals surface area contributed by atoms with E-state index in [0.717, 1.165) is 32.5 Å². The molecule has 1 aromatic heterocycles. The fraction of sp³-hybridized carbons (Fsp3) is 0.700. The first kappa shape index (κ1) is 20.9. The van der Waals surface area contributed by atoms with Crippen LogP contribution in [0.5, 0.6) is 0 Å². The summed E-state index contributed by atoms with van der Waals surface area (Å²) in [7, 11) is 0. The second kappa shape index (κ2) is 10.7. The number of nitrogens with two attached hydrogens (primary N) is 1. The van der Waals surface area contributed by atoms with Crippen molar-refractivity contribution in [1.82, 2.24) is 15.1 Å². The molecule has 3 N–H and O–H groups in total. The number of likely N-dealkylation sites (tertiary alicyclic amines) is 2. The van der Waals surface area contributed by atoms with Crippen LogP contribution in [-0.2, 0) is 11.3 Å². The van der Waals surface area contributed by atoms with Crippen LogP contribution in [0.25, 0.3) is 0 Å². The number of piperidine rings is 2. The van der Waals surface area contributed by atoms with Gasteiger partial charge in [-0.1, -0.05) is 6.07 Å². The van der Waals surface area contributed by atoms with Gasteiger partial charge in [0.25, 0.3) is 0 Å². The zero-order chi connectivity index (χ0) is 19.8. The lowest BCUT2D eigenvalue weighted by Gasteiger charge is -2.32. The van der Waals surface area contributed by atoms with Crippen LogP contribution < -0.4 is 11.1 Å². The first-order valence-corrected chi connectivity index (χ1v) is 11.2. The van der Waals surface area contributed by atoms with Gasteiger partial charge in [0.05, 0.1) is 6.61 Å². The summed E-state index contributed by atoms with van der Waals surface area (Å²) in [5, 5.41) is 5.48. The molecule has 1 amide bonds. The van der Waals surface area contributed by atoms with Gasteiger partial charge in [-0.05, 0) is 56.5 Å². The summed E-state index contributed by atoms with van der Waals surface area (Å²) in [6.07, 6.45) is 3.97. The van der Waals surface area contributed by atoms with E-state index < -0.39 is 0 Å². The number of amides is 1. The monoisotopic (exact) mass is 407 g/mol. The van der Waals surface area contributed by atoms with Crippen molar-refractivity contribution in [2.24, 2.45) is 16.6 Å². The molecule has 0 radical (unpaired) electrons. The molecule has 2 fully saturated rings. The molecule has 1 unspecified atom stereocenters. The van der Waals surface area contributed by atoms with Gasteiger partial charge in [-0.15, -0.1) is 11.3 Å². The molecule has 3 rings (SSSR count). The lowest BCUT2D eigenvalue weighted by molar-refractivity contribution is 0.0963. The van der Waals surface area contributed by atoms with E-state index in [4.69, 9.17) is 10.5 Å². The number of nitrogens with zero attached hydrogens (tertiary/aromatic N) is 3. The number of carbonyl (C=O) groups is 1. The van der Waals surface area contributed by atoms with Crippen molar-refractivity contribution in [3.63, 3.8) is 0 Å². The van der Waals surface area contributed by atoms with E-state index in [0.29, 0.717) is 31.6 Å². The number of carbonyl (C=O) groups excluding carboxylic acids is 1. The highest BCUT2D eigenvalue weighted by Gasteiger charge is 2.24. The van der Waals surface area contributed by atoms with Crippen LogP contribution >= 0.6 is 11.3 Å². The molecule has 7 nitrogen and oxygen atoms in total. The minimum absolute atomic E-state index is 0.216. The van der Waals surface area contributed by atoms with Gasteiger partial charge in [0.1, 0.15) is 0 Å². The van der Waals surface area contributed by atoms with Gasteiger partial charge in [-0.3, -0.25) is 9.89 Å². The van der Waals surface area contributed by atoms with Crippen LogP contribution in [0.4, 0.5) is 4.79 Å². The van der Waals surface area contributed by atoms with Crippen molar-refractivity contribution < 1.29 is 9.53 Å². The summed E-state index contributed by atoms with van der Waals surface area (Å²) in [5.74, 6) is 1.10. The highest BCUT2D eigenvalue weighted by Crippen LogP contribution is 2.20. The smallest absolute Gasteiger partial charge is 0.409 e. The van der Waals surface area contributed by atoms with Gasteiger partial charge in [-0.2, -0.15) is 0 Å². The molecule has 2 aliphatic heterocycles. The van der Waals surface area contributed by atoms with Gasteiger partial charge in [-0.25, -0.2) is 4.79 Å². The number of hydrogen-bond acceptors (Lipinski definition) is 5. The van der Waals surface area contributed by atoms with E-state index in [9.17, 15) is 4.79 Å². The summed E-state index contributed by atoms with van der Waals surface area (Å²) in [5.41, 5.74) is 6.13. The Morgan fingerprint density at radius 3 is 2.89 bits per heavy atom. The minimum Gasteiger partial charge on any atom is -0.450 e. The third-order valence-electron chi connectivity index (χ3n) is 5.46. The maximum atomic E-state index is 11.8. The SMILES string of the molecule is CCOC(=O)N1CCC(NC(N)=NCC2CCCN(Cc3cccs3)C2)CC1. The van der Waals surface area contributed by atoms with Gasteiger partial charge >= 0.3 is 6.09 Å². The Kier molecular flexibility index (Phi) is 7.97.